The van der Waals surface area contributed by atoms with Crippen LogP contribution in [0, 0.1) is 5.92 Å². The maximum Gasteiger partial charge on any atom is 0.223 e. The summed E-state index contributed by atoms with van der Waals surface area (Å²) in [7, 11) is 0. The average molecular weight is 320 g/mol. The molecule has 0 bridgehead atoms. The molecule has 1 N–H and O–H groups in total. The van der Waals surface area contributed by atoms with Crippen molar-refractivity contribution in [1.82, 2.24) is 5.32 Å². The first-order valence-electron chi connectivity index (χ1n) is 8.11. The number of amides is 2. The topological polar surface area (TPSA) is 58.6 Å². The molecule has 0 saturated carbocycles. The summed E-state index contributed by atoms with van der Waals surface area (Å²) in [4.78, 5) is 25.1. The van der Waals surface area contributed by atoms with Gasteiger partial charge in [-0.25, -0.2) is 0 Å². The molecule has 1 aromatic rings. The lowest BCUT2D eigenvalue weighted by Crippen LogP contribution is -2.37. The minimum Gasteiger partial charge on any atom is -0.491 e. The fourth-order valence-electron chi connectivity index (χ4n) is 2.20. The summed E-state index contributed by atoms with van der Waals surface area (Å²) in [5.41, 5.74) is 0.798. The minimum atomic E-state index is -0.0550. The van der Waals surface area contributed by atoms with Crippen molar-refractivity contribution in [3.05, 3.63) is 24.3 Å². The van der Waals surface area contributed by atoms with Crippen molar-refractivity contribution >= 4 is 17.5 Å². The van der Waals surface area contributed by atoms with E-state index in [0.29, 0.717) is 25.4 Å². The summed E-state index contributed by atoms with van der Waals surface area (Å²) in [5.74, 6) is 1.06. The van der Waals surface area contributed by atoms with Crippen LogP contribution in [0.3, 0.4) is 0 Å². The Bertz CT molecular complexity index is 510. The van der Waals surface area contributed by atoms with E-state index in [9.17, 15) is 9.59 Å². The minimum absolute atomic E-state index is 0.0178. The number of hydrogen-bond acceptors (Lipinski definition) is 3. The van der Waals surface area contributed by atoms with Crippen molar-refractivity contribution in [3.63, 3.8) is 0 Å². The molecule has 23 heavy (non-hydrogen) atoms. The molecule has 0 aliphatic carbocycles. The van der Waals surface area contributed by atoms with Crippen LogP contribution in [-0.2, 0) is 9.59 Å². The summed E-state index contributed by atoms with van der Waals surface area (Å²) in [6, 6.07) is 7.41. The fraction of sp³-hybridized carbons (Fsp3) is 0.556. The van der Waals surface area contributed by atoms with Crippen molar-refractivity contribution < 1.29 is 14.3 Å². The normalized spacial score (nSPS) is 10.7. The van der Waals surface area contributed by atoms with E-state index in [1.807, 2.05) is 52.0 Å². The maximum atomic E-state index is 11.8. The van der Waals surface area contributed by atoms with E-state index >= 15 is 0 Å². The van der Waals surface area contributed by atoms with Gasteiger partial charge in [0.05, 0.1) is 6.10 Å². The molecule has 1 aromatic carbocycles. The Balaban J connectivity index is 2.61. The lowest BCUT2D eigenvalue weighted by Gasteiger charge is -2.22. The first kappa shape index (κ1) is 19.0. The van der Waals surface area contributed by atoms with Crippen molar-refractivity contribution in [1.29, 1.82) is 0 Å². The Morgan fingerprint density at radius 2 is 1.74 bits per heavy atom. The SMILES string of the molecule is CC(=O)N(CCNC(=O)CC(C)C)c1ccc(OC(C)C)cc1. The Kier molecular flexibility index (Phi) is 7.59. The molecule has 0 radical (unpaired) electrons. The smallest absolute Gasteiger partial charge is 0.223 e. The molecule has 128 valence electrons. The molecule has 0 aliphatic heterocycles. The van der Waals surface area contributed by atoms with E-state index in [-0.39, 0.29) is 17.9 Å². The molecule has 0 aliphatic rings. The highest BCUT2D eigenvalue weighted by Gasteiger charge is 2.12. The van der Waals surface area contributed by atoms with E-state index in [0.717, 1.165) is 11.4 Å². The van der Waals surface area contributed by atoms with Gasteiger partial charge in [0.1, 0.15) is 5.75 Å². The summed E-state index contributed by atoms with van der Waals surface area (Å²) >= 11 is 0. The van der Waals surface area contributed by atoms with Crippen LogP contribution in [0.25, 0.3) is 0 Å². The van der Waals surface area contributed by atoms with E-state index in [2.05, 4.69) is 5.32 Å². The number of rotatable bonds is 8. The number of ether oxygens (including phenoxy) is 1. The first-order valence-corrected chi connectivity index (χ1v) is 8.11. The van der Waals surface area contributed by atoms with Gasteiger partial charge in [-0.05, 0) is 44.0 Å². The molecule has 0 aromatic heterocycles. The van der Waals surface area contributed by atoms with E-state index in [4.69, 9.17) is 4.74 Å². The number of nitrogens with zero attached hydrogens (tertiary/aromatic N) is 1. The van der Waals surface area contributed by atoms with Crippen LogP contribution < -0.4 is 15.0 Å². The Labute approximate surface area is 139 Å². The van der Waals surface area contributed by atoms with Gasteiger partial charge in [0.25, 0.3) is 0 Å². The number of carbonyl (C=O) groups is 2. The zero-order valence-corrected chi connectivity index (χ0v) is 14.8. The van der Waals surface area contributed by atoms with Crippen LogP contribution in [0.5, 0.6) is 5.75 Å². The van der Waals surface area contributed by atoms with Crippen LogP contribution in [0.15, 0.2) is 24.3 Å². The summed E-state index contributed by atoms with van der Waals surface area (Å²) in [5, 5.41) is 2.85. The lowest BCUT2D eigenvalue weighted by molar-refractivity contribution is -0.122. The highest BCUT2D eigenvalue weighted by atomic mass is 16.5. The molecule has 0 heterocycles. The van der Waals surface area contributed by atoms with Gasteiger partial charge in [-0.3, -0.25) is 9.59 Å². The zero-order chi connectivity index (χ0) is 17.4. The molecule has 0 saturated heterocycles. The monoisotopic (exact) mass is 320 g/mol. The van der Waals surface area contributed by atoms with Crippen molar-refractivity contribution in [2.75, 3.05) is 18.0 Å². The molecule has 0 fully saturated rings. The van der Waals surface area contributed by atoms with E-state index in [1.165, 1.54) is 6.92 Å². The number of benzene rings is 1. The third-order valence-electron chi connectivity index (χ3n) is 3.15. The molecule has 0 unspecified atom stereocenters. The maximum absolute atomic E-state index is 11.8. The number of anilines is 1. The number of carbonyl (C=O) groups excluding carboxylic acids is 2. The standard InChI is InChI=1S/C18H28N2O3/c1-13(2)12-18(22)19-10-11-20(15(5)21)16-6-8-17(9-7-16)23-14(3)4/h6-9,13-14H,10-12H2,1-5H3,(H,19,22). The zero-order valence-electron chi connectivity index (χ0n) is 14.8. The average Bonchev–Trinajstić information content (AvgIpc) is 2.43. The van der Waals surface area contributed by atoms with Gasteiger partial charge in [-0.15, -0.1) is 0 Å². The lowest BCUT2D eigenvalue weighted by atomic mass is 10.1. The van der Waals surface area contributed by atoms with Crippen molar-refractivity contribution in [2.24, 2.45) is 5.92 Å². The third kappa shape index (κ3) is 7.17. The molecule has 2 amide bonds. The van der Waals surface area contributed by atoms with Gasteiger partial charge in [-0.2, -0.15) is 0 Å². The van der Waals surface area contributed by atoms with Crippen LogP contribution in [0.2, 0.25) is 0 Å². The molecular weight excluding hydrogens is 292 g/mol. The van der Waals surface area contributed by atoms with E-state index in [1.54, 1.807) is 4.90 Å². The number of nitrogens with one attached hydrogen (secondary N) is 1. The Morgan fingerprint density at radius 1 is 1.13 bits per heavy atom. The Hall–Kier alpha value is -2.04. The van der Waals surface area contributed by atoms with Crippen LogP contribution in [-0.4, -0.2) is 31.0 Å². The number of hydrogen-bond donors (Lipinski definition) is 1. The van der Waals surface area contributed by atoms with Crippen LogP contribution >= 0.6 is 0 Å². The van der Waals surface area contributed by atoms with Crippen LogP contribution in [0.1, 0.15) is 41.0 Å². The second-order valence-corrected chi connectivity index (χ2v) is 6.28. The molecular formula is C18H28N2O3. The molecule has 1 rings (SSSR count). The molecule has 0 spiro atoms. The predicted octanol–water partition coefficient (Wildman–Crippen LogP) is 2.99. The fourth-order valence-corrected chi connectivity index (χ4v) is 2.20. The largest absolute Gasteiger partial charge is 0.491 e. The van der Waals surface area contributed by atoms with Gasteiger partial charge in [-0.1, -0.05) is 13.8 Å². The molecule has 5 heteroatoms. The first-order chi connectivity index (χ1) is 10.8. The second-order valence-electron chi connectivity index (χ2n) is 6.28. The van der Waals surface area contributed by atoms with Gasteiger partial charge in [0.15, 0.2) is 0 Å². The van der Waals surface area contributed by atoms with Gasteiger partial charge in [0.2, 0.25) is 11.8 Å². The highest BCUT2D eigenvalue weighted by molar-refractivity contribution is 5.91. The van der Waals surface area contributed by atoms with E-state index < -0.39 is 0 Å². The van der Waals surface area contributed by atoms with Crippen molar-refractivity contribution in [3.8, 4) is 5.75 Å². The summed E-state index contributed by atoms with van der Waals surface area (Å²) in [6.45, 7) is 10.4. The second kappa shape index (κ2) is 9.18. The van der Waals surface area contributed by atoms with Crippen LogP contribution in [0.4, 0.5) is 5.69 Å². The quantitative estimate of drug-likeness (QED) is 0.801. The molecule has 0 atom stereocenters. The summed E-state index contributed by atoms with van der Waals surface area (Å²) < 4.78 is 5.60. The third-order valence-corrected chi connectivity index (χ3v) is 3.15. The predicted molar refractivity (Wildman–Crippen MR) is 92.7 cm³/mol. The van der Waals surface area contributed by atoms with Crippen molar-refractivity contribution in [2.45, 2.75) is 47.1 Å². The Morgan fingerprint density at radius 3 is 2.22 bits per heavy atom. The van der Waals surface area contributed by atoms with Gasteiger partial charge >= 0.3 is 0 Å². The van der Waals surface area contributed by atoms with Gasteiger partial charge < -0.3 is 15.0 Å². The van der Waals surface area contributed by atoms with Gasteiger partial charge in [0, 0.05) is 32.1 Å². The highest BCUT2D eigenvalue weighted by Crippen LogP contribution is 2.20. The summed E-state index contributed by atoms with van der Waals surface area (Å²) in [6.07, 6.45) is 0.613. The molecule has 5 nitrogen and oxygen atoms in total.